The Balaban J connectivity index is 2.43. The molecular formula is C14H9BrN2O3. The monoisotopic (exact) mass is 332 g/mol. The number of ether oxygens (including phenoxy) is 1. The average molecular weight is 333 g/mol. The lowest BCUT2D eigenvalue weighted by Crippen LogP contribution is -1.95. The van der Waals surface area contributed by atoms with Crippen molar-refractivity contribution in [1.29, 1.82) is 5.26 Å². The van der Waals surface area contributed by atoms with Crippen LogP contribution in [-0.4, -0.2) is 4.92 Å². The maximum atomic E-state index is 11.0. The molecule has 0 atom stereocenters. The molecule has 0 fully saturated rings. The van der Waals surface area contributed by atoms with Gasteiger partial charge in [0.15, 0.2) is 0 Å². The van der Waals surface area contributed by atoms with Crippen LogP contribution in [0.15, 0.2) is 40.9 Å². The molecule has 2 rings (SSSR count). The van der Waals surface area contributed by atoms with E-state index in [9.17, 15) is 10.1 Å². The number of hydrogen-bond donors (Lipinski definition) is 0. The Labute approximate surface area is 123 Å². The van der Waals surface area contributed by atoms with E-state index in [-0.39, 0.29) is 11.4 Å². The van der Waals surface area contributed by atoms with E-state index >= 15 is 0 Å². The number of nitrogens with zero attached hydrogens (tertiary/aromatic N) is 2. The van der Waals surface area contributed by atoms with Crippen molar-refractivity contribution in [2.24, 2.45) is 0 Å². The van der Waals surface area contributed by atoms with Gasteiger partial charge in [-0.2, -0.15) is 5.26 Å². The molecule has 2 aromatic rings. The number of nitro groups is 1. The van der Waals surface area contributed by atoms with Crippen molar-refractivity contribution in [2.45, 2.75) is 6.92 Å². The molecular weight excluding hydrogens is 324 g/mol. The van der Waals surface area contributed by atoms with E-state index in [2.05, 4.69) is 22.0 Å². The number of rotatable bonds is 3. The highest BCUT2D eigenvalue weighted by Gasteiger charge is 2.18. The first-order valence-corrected chi connectivity index (χ1v) is 6.43. The van der Waals surface area contributed by atoms with Crippen LogP contribution in [0, 0.1) is 28.4 Å². The van der Waals surface area contributed by atoms with Gasteiger partial charge in [-0.25, -0.2) is 0 Å². The third-order valence-electron chi connectivity index (χ3n) is 2.68. The molecule has 0 aliphatic carbocycles. The molecule has 0 bridgehead atoms. The number of hydrogen-bond acceptors (Lipinski definition) is 4. The van der Waals surface area contributed by atoms with Crippen molar-refractivity contribution in [1.82, 2.24) is 0 Å². The second-order valence-electron chi connectivity index (χ2n) is 4.04. The van der Waals surface area contributed by atoms with E-state index in [4.69, 9.17) is 10.00 Å². The van der Waals surface area contributed by atoms with Crippen LogP contribution in [-0.2, 0) is 0 Å². The minimum absolute atomic E-state index is 0.124. The third-order valence-corrected chi connectivity index (χ3v) is 3.31. The first-order valence-electron chi connectivity index (χ1n) is 5.64. The van der Waals surface area contributed by atoms with Crippen LogP contribution < -0.4 is 4.74 Å². The fourth-order valence-electron chi connectivity index (χ4n) is 1.69. The van der Waals surface area contributed by atoms with Crippen LogP contribution in [0.5, 0.6) is 11.5 Å². The standard InChI is InChI=1S/C14H9BrN2O3/c1-9-7-11(6-5-10(9)8-16)20-14-12(15)3-2-4-13(14)17(18)19/h2-7H,1H3. The van der Waals surface area contributed by atoms with E-state index in [0.717, 1.165) is 5.56 Å². The summed E-state index contributed by atoms with van der Waals surface area (Å²) in [6, 6.07) is 11.6. The molecule has 0 N–H and O–H groups in total. The van der Waals surface area contributed by atoms with Gasteiger partial charge in [0.1, 0.15) is 5.75 Å². The van der Waals surface area contributed by atoms with E-state index in [1.54, 1.807) is 37.3 Å². The molecule has 0 spiro atoms. The highest BCUT2D eigenvalue weighted by molar-refractivity contribution is 9.10. The lowest BCUT2D eigenvalue weighted by atomic mass is 10.1. The number of halogens is 1. The molecule has 0 unspecified atom stereocenters. The van der Waals surface area contributed by atoms with Crippen LogP contribution in [0.1, 0.15) is 11.1 Å². The lowest BCUT2D eigenvalue weighted by Gasteiger charge is -2.09. The molecule has 0 radical (unpaired) electrons. The lowest BCUT2D eigenvalue weighted by molar-refractivity contribution is -0.385. The van der Waals surface area contributed by atoms with Gasteiger partial charge in [0.25, 0.3) is 0 Å². The van der Waals surface area contributed by atoms with Crippen molar-refractivity contribution in [3.8, 4) is 17.6 Å². The second-order valence-corrected chi connectivity index (χ2v) is 4.89. The Hall–Kier alpha value is -2.39. The Morgan fingerprint density at radius 2 is 2.10 bits per heavy atom. The Morgan fingerprint density at radius 1 is 1.35 bits per heavy atom. The number of aryl methyl sites for hydroxylation is 1. The number of benzene rings is 2. The summed E-state index contributed by atoms with van der Waals surface area (Å²) in [4.78, 5) is 10.5. The average Bonchev–Trinajstić information content (AvgIpc) is 2.41. The molecule has 0 heterocycles. The molecule has 5 nitrogen and oxygen atoms in total. The number of nitriles is 1. The normalized spacial score (nSPS) is 9.85. The van der Waals surface area contributed by atoms with Crippen LogP contribution >= 0.6 is 15.9 Å². The molecule has 100 valence electrons. The van der Waals surface area contributed by atoms with Crippen molar-refractivity contribution in [3.05, 3.63) is 62.1 Å². The maximum absolute atomic E-state index is 11.0. The summed E-state index contributed by atoms with van der Waals surface area (Å²) in [5, 5.41) is 19.9. The highest BCUT2D eigenvalue weighted by atomic mass is 79.9. The molecule has 0 aliphatic heterocycles. The topological polar surface area (TPSA) is 76.2 Å². The van der Waals surface area contributed by atoms with Gasteiger partial charge in [-0.1, -0.05) is 6.07 Å². The Kier molecular flexibility index (Phi) is 4.01. The molecule has 0 aliphatic rings. The SMILES string of the molecule is Cc1cc(Oc2c(Br)cccc2[N+](=O)[O-])ccc1C#N. The predicted octanol–water partition coefficient (Wildman–Crippen LogP) is 4.33. The maximum Gasteiger partial charge on any atom is 0.312 e. The van der Waals surface area contributed by atoms with E-state index in [0.29, 0.717) is 15.8 Å². The van der Waals surface area contributed by atoms with Crippen molar-refractivity contribution in [3.63, 3.8) is 0 Å². The van der Waals surface area contributed by atoms with Crippen LogP contribution in [0.4, 0.5) is 5.69 Å². The van der Waals surface area contributed by atoms with Crippen molar-refractivity contribution >= 4 is 21.6 Å². The summed E-state index contributed by atoms with van der Waals surface area (Å²) in [6.45, 7) is 1.78. The van der Waals surface area contributed by atoms with Crippen molar-refractivity contribution < 1.29 is 9.66 Å². The smallest absolute Gasteiger partial charge is 0.312 e. The molecule has 0 saturated heterocycles. The van der Waals surface area contributed by atoms with Gasteiger partial charge >= 0.3 is 5.69 Å². The van der Waals surface area contributed by atoms with Crippen LogP contribution in [0.25, 0.3) is 0 Å². The summed E-state index contributed by atoms with van der Waals surface area (Å²) in [7, 11) is 0. The minimum Gasteiger partial charge on any atom is -0.449 e. The van der Waals surface area contributed by atoms with Gasteiger partial charge < -0.3 is 4.74 Å². The fraction of sp³-hybridized carbons (Fsp3) is 0.0714. The second kappa shape index (κ2) is 5.72. The van der Waals surface area contributed by atoms with Gasteiger partial charge in [-0.3, -0.25) is 10.1 Å². The van der Waals surface area contributed by atoms with E-state index in [1.807, 2.05) is 0 Å². The van der Waals surface area contributed by atoms with Gasteiger partial charge in [0.05, 0.1) is 21.0 Å². The Bertz CT molecular complexity index is 723. The van der Waals surface area contributed by atoms with Gasteiger partial charge in [0.2, 0.25) is 5.75 Å². The summed E-state index contributed by atoms with van der Waals surface area (Å²) in [5.41, 5.74) is 1.17. The van der Waals surface area contributed by atoms with Gasteiger partial charge in [0, 0.05) is 6.07 Å². The molecule has 20 heavy (non-hydrogen) atoms. The van der Waals surface area contributed by atoms with E-state index in [1.165, 1.54) is 6.07 Å². The summed E-state index contributed by atoms with van der Waals surface area (Å²) in [5.74, 6) is 0.582. The zero-order valence-corrected chi connectivity index (χ0v) is 12.0. The first-order chi connectivity index (χ1) is 9.52. The third kappa shape index (κ3) is 2.78. The van der Waals surface area contributed by atoms with Crippen molar-refractivity contribution in [2.75, 3.05) is 0 Å². The molecule has 0 amide bonds. The van der Waals surface area contributed by atoms with Crippen LogP contribution in [0.2, 0.25) is 0 Å². The number of para-hydroxylation sites is 1. The minimum atomic E-state index is -0.503. The first kappa shape index (κ1) is 14.0. The largest absolute Gasteiger partial charge is 0.449 e. The van der Waals surface area contributed by atoms with Gasteiger partial charge in [-0.05, 0) is 52.7 Å². The molecule has 0 saturated carbocycles. The quantitative estimate of drug-likeness (QED) is 0.619. The zero-order valence-electron chi connectivity index (χ0n) is 10.5. The molecule has 2 aromatic carbocycles. The predicted molar refractivity (Wildman–Crippen MR) is 76.8 cm³/mol. The Morgan fingerprint density at radius 3 is 2.70 bits per heavy atom. The highest BCUT2D eigenvalue weighted by Crippen LogP contribution is 2.38. The summed E-state index contributed by atoms with van der Waals surface area (Å²) < 4.78 is 6.08. The number of nitro benzene ring substituents is 1. The summed E-state index contributed by atoms with van der Waals surface area (Å²) in [6.07, 6.45) is 0. The zero-order chi connectivity index (χ0) is 14.7. The fourth-order valence-corrected chi connectivity index (χ4v) is 2.12. The van der Waals surface area contributed by atoms with Gasteiger partial charge in [-0.15, -0.1) is 0 Å². The molecule has 0 aromatic heterocycles. The molecule has 6 heteroatoms. The van der Waals surface area contributed by atoms with E-state index < -0.39 is 4.92 Å². The summed E-state index contributed by atoms with van der Waals surface area (Å²) >= 11 is 3.24. The van der Waals surface area contributed by atoms with Crippen LogP contribution in [0.3, 0.4) is 0 Å².